The average molecular weight is 422 g/mol. The van der Waals surface area contributed by atoms with Crippen molar-refractivity contribution in [2.75, 3.05) is 5.32 Å². The molecule has 0 aliphatic heterocycles. The second-order valence-corrected chi connectivity index (χ2v) is 7.83. The van der Waals surface area contributed by atoms with Crippen LogP contribution in [0.4, 0.5) is 5.82 Å². The number of hydrogen-bond donors (Lipinski definition) is 1. The Bertz CT molecular complexity index is 1400. The van der Waals surface area contributed by atoms with Gasteiger partial charge in [0.2, 0.25) is 0 Å². The summed E-state index contributed by atoms with van der Waals surface area (Å²) in [5, 5.41) is 11.7. The molecule has 158 valence electrons. The smallest absolute Gasteiger partial charge is 0.262 e. The summed E-state index contributed by atoms with van der Waals surface area (Å²) in [6, 6.07) is 20.1. The summed E-state index contributed by atoms with van der Waals surface area (Å²) in [4.78, 5) is 17.3. The minimum atomic E-state index is -0.297. The number of carbonyl (C=O) groups excluding carboxylic acids is 1. The van der Waals surface area contributed by atoms with E-state index in [1.54, 1.807) is 27.7 Å². The molecule has 7 nitrogen and oxygen atoms in total. The predicted octanol–water partition coefficient (Wildman–Crippen LogP) is 4.51. The maximum Gasteiger partial charge on any atom is 0.262 e. The molecular formula is C25H22N6O. The van der Waals surface area contributed by atoms with Crippen molar-refractivity contribution >= 4 is 17.4 Å². The van der Waals surface area contributed by atoms with E-state index >= 15 is 0 Å². The van der Waals surface area contributed by atoms with Gasteiger partial charge in [0.05, 0.1) is 18.4 Å². The van der Waals surface area contributed by atoms with Crippen LogP contribution in [0.2, 0.25) is 0 Å². The minimum Gasteiger partial charge on any atom is -0.305 e. The van der Waals surface area contributed by atoms with Crippen LogP contribution < -0.4 is 5.32 Å². The monoisotopic (exact) mass is 422 g/mol. The molecule has 0 bridgehead atoms. The zero-order chi connectivity index (χ0) is 22.1. The highest BCUT2D eigenvalue weighted by Gasteiger charge is 2.17. The van der Waals surface area contributed by atoms with Gasteiger partial charge in [0.1, 0.15) is 5.56 Å². The third-order valence-corrected chi connectivity index (χ3v) is 5.34. The normalized spacial score (nSPS) is 11.1. The standard InChI is InChI=1S/C25H22N6O/c1-17-3-7-19(8-4-17)16-30-14-12-23(29-30)28-25(32)21-15-27-31-22(11-13-26-24(21)31)20-9-5-18(2)6-10-20/h3-15H,16H2,1-2H3,(H,28,29,32). The van der Waals surface area contributed by atoms with Crippen molar-refractivity contribution in [3.05, 3.63) is 102 Å². The second kappa shape index (κ2) is 8.11. The molecule has 0 saturated carbocycles. The fourth-order valence-electron chi connectivity index (χ4n) is 3.58. The molecule has 0 unspecified atom stereocenters. The molecule has 2 aromatic carbocycles. The molecule has 7 heteroatoms. The van der Waals surface area contributed by atoms with Gasteiger partial charge >= 0.3 is 0 Å². The van der Waals surface area contributed by atoms with E-state index < -0.39 is 0 Å². The summed E-state index contributed by atoms with van der Waals surface area (Å²) in [6.07, 6.45) is 5.08. The molecule has 3 aromatic heterocycles. The van der Waals surface area contributed by atoms with Gasteiger partial charge in [-0.05, 0) is 25.5 Å². The van der Waals surface area contributed by atoms with Crippen LogP contribution in [0.1, 0.15) is 27.0 Å². The number of amides is 1. The number of carbonyl (C=O) groups is 1. The zero-order valence-electron chi connectivity index (χ0n) is 17.9. The van der Waals surface area contributed by atoms with E-state index in [0.29, 0.717) is 23.6 Å². The lowest BCUT2D eigenvalue weighted by atomic mass is 10.1. The quantitative estimate of drug-likeness (QED) is 0.452. The van der Waals surface area contributed by atoms with Crippen molar-refractivity contribution in [2.24, 2.45) is 0 Å². The number of benzene rings is 2. The van der Waals surface area contributed by atoms with Gasteiger partial charge in [-0.15, -0.1) is 0 Å². The van der Waals surface area contributed by atoms with Crippen LogP contribution in [0.15, 0.2) is 79.3 Å². The molecule has 0 fully saturated rings. The van der Waals surface area contributed by atoms with E-state index in [1.807, 2.05) is 43.5 Å². The molecule has 0 aliphatic rings. The summed E-state index contributed by atoms with van der Waals surface area (Å²) < 4.78 is 3.49. The van der Waals surface area contributed by atoms with Crippen LogP contribution in [0, 0.1) is 13.8 Å². The zero-order valence-corrected chi connectivity index (χ0v) is 17.9. The molecule has 0 saturated heterocycles. The van der Waals surface area contributed by atoms with Gasteiger partial charge in [0, 0.05) is 24.0 Å². The van der Waals surface area contributed by atoms with Crippen molar-refractivity contribution < 1.29 is 4.79 Å². The van der Waals surface area contributed by atoms with Crippen LogP contribution >= 0.6 is 0 Å². The molecule has 1 amide bonds. The van der Waals surface area contributed by atoms with Gasteiger partial charge in [-0.3, -0.25) is 9.48 Å². The highest BCUT2D eigenvalue weighted by Crippen LogP contribution is 2.22. The van der Waals surface area contributed by atoms with E-state index in [-0.39, 0.29) is 5.91 Å². The first-order valence-corrected chi connectivity index (χ1v) is 10.4. The summed E-state index contributed by atoms with van der Waals surface area (Å²) in [6.45, 7) is 4.74. The lowest BCUT2D eigenvalue weighted by Crippen LogP contribution is -2.13. The first-order valence-electron chi connectivity index (χ1n) is 10.4. The number of nitrogens with one attached hydrogen (secondary N) is 1. The van der Waals surface area contributed by atoms with Crippen LogP contribution in [-0.4, -0.2) is 30.3 Å². The van der Waals surface area contributed by atoms with E-state index in [9.17, 15) is 4.79 Å². The van der Waals surface area contributed by atoms with Gasteiger partial charge in [-0.25, -0.2) is 9.50 Å². The molecule has 32 heavy (non-hydrogen) atoms. The van der Waals surface area contributed by atoms with E-state index in [1.165, 1.54) is 11.1 Å². The summed E-state index contributed by atoms with van der Waals surface area (Å²) in [5.74, 6) is 0.185. The molecule has 3 heterocycles. The third-order valence-electron chi connectivity index (χ3n) is 5.34. The first kappa shape index (κ1) is 19.7. The molecule has 0 atom stereocenters. The Hall–Kier alpha value is -4.26. The van der Waals surface area contributed by atoms with E-state index in [4.69, 9.17) is 0 Å². The number of aryl methyl sites for hydroxylation is 2. The SMILES string of the molecule is Cc1ccc(Cn2ccc(NC(=O)c3cnn4c(-c5ccc(C)cc5)ccnc34)n2)cc1. The van der Waals surface area contributed by atoms with Crippen molar-refractivity contribution in [3.8, 4) is 11.3 Å². The lowest BCUT2D eigenvalue weighted by molar-refractivity contribution is 0.102. The molecule has 0 radical (unpaired) electrons. The Balaban J connectivity index is 1.36. The van der Waals surface area contributed by atoms with E-state index in [2.05, 4.69) is 51.7 Å². The lowest BCUT2D eigenvalue weighted by Gasteiger charge is -2.06. The van der Waals surface area contributed by atoms with Gasteiger partial charge in [0.25, 0.3) is 5.91 Å². The fourth-order valence-corrected chi connectivity index (χ4v) is 3.58. The third kappa shape index (κ3) is 3.88. The molecule has 1 N–H and O–H groups in total. The topological polar surface area (TPSA) is 77.1 Å². The maximum absolute atomic E-state index is 12.9. The number of rotatable bonds is 5. The van der Waals surface area contributed by atoms with Gasteiger partial charge in [-0.1, -0.05) is 59.7 Å². The molecular weight excluding hydrogens is 400 g/mol. The fraction of sp³-hybridized carbons (Fsp3) is 0.120. The number of hydrogen-bond acceptors (Lipinski definition) is 4. The molecule has 5 aromatic rings. The Morgan fingerprint density at radius 1 is 0.938 bits per heavy atom. The van der Waals surface area contributed by atoms with Crippen LogP contribution in [0.3, 0.4) is 0 Å². The van der Waals surface area contributed by atoms with Crippen LogP contribution in [-0.2, 0) is 6.54 Å². The number of fused-ring (bicyclic) bond motifs is 1. The molecule has 0 aliphatic carbocycles. The predicted molar refractivity (Wildman–Crippen MR) is 124 cm³/mol. The van der Waals surface area contributed by atoms with Crippen molar-refractivity contribution in [2.45, 2.75) is 20.4 Å². The molecule has 5 rings (SSSR count). The van der Waals surface area contributed by atoms with Gasteiger partial charge < -0.3 is 5.32 Å². The average Bonchev–Trinajstić information content (AvgIpc) is 3.42. The van der Waals surface area contributed by atoms with Gasteiger partial charge in [0.15, 0.2) is 11.5 Å². The number of aromatic nitrogens is 5. The van der Waals surface area contributed by atoms with Gasteiger partial charge in [-0.2, -0.15) is 10.2 Å². The summed E-state index contributed by atoms with van der Waals surface area (Å²) >= 11 is 0. The second-order valence-electron chi connectivity index (χ2n) is 7.83. The Labute approximate surface area is 185 Å². The Morgan fingerprint density at radius 3 is 2.41 bits per heavy atom. The Morgan fingerprint density at radius 2 is 1.66 bits per heavy atom. The summed E-state index contributed by atoms with van der Waals surface area (Å²) in [5.41, 5.74) is 6.32. The highest BCUT2D eigenvalue weighted by molar-refractivity contribution is 6.07. The molecule has 0 spiro atoms. The summed E-state index contributed by atoms with van der Waals surface area (Å²) in [7, 11) is 0. The number of anilines is 1. The Kier molecular flexibility index (Phi) is 4.99. The van der Waals surface area contributed by atoms with E-state index in [0.717, 1.165) is 16.8 Å². The minimum absolute atomic E-state index is 0.297. The van der Waals surface area contributed by atoms with Crippen molar-refractivity contribution in [1.29, 1.82) is 0 Å². The maximum atomic E-state index is 12.9. The first-order chi connectivity index (χ1) is 15.6. The highest BCUT2D eigenvalue weighted by atomic mass is 16.1. The number of nitrogens with zero attached hydrogens (tertiary/aromatic N) is 5. The van der Waals surface area contributed by atoms with Crippen LogP contribution in [0.5, 0.6) is 0 Å². The van der Waals surface area contributed by atoms with Crippen LogP contribution in [0.25, 0.3) is 16.9 Å². The van der Waals surface area contributed by atoms with Crippen molar-refractivity contribution in [1.82, 2.24) is 24.4 Å². The van der Waals surface area contributed by atoms with Crippen molar-refractivity contribution in [3.63, 3.8) is 0 Å². The largest absolute Gasteiger partial charge is 0.305 e.